The van der Waals surface area contributed by atoms with Crippen LogP contribution in [-0.4, -0.2) is 37.5 Å². The molecule has 0 radical (unpaired) electrons. The molecule has 3 N–H and O–H groups in total. The molecule has 3 aromatic carbocycles. The number of carbonyl (C=O) groups excluding carboxylic acids is 3. The number of halogens is 1. The Bertz CT molecular complexity index is 1170. The van der Waals surface area contributed by atoms with Crippen molar-refractivity contribution in [1.29, 1.82) is 0 Å². The first-order chi connectivity index (χ1) is 16.9. The molecule has 0 spiro atoms. The predicted molar refractivity (Wildman–Crippen MR) is 133 cm³/mol. The first kappa shape index (κ1) is 25.6. The molecule has 0 saturated carbocycles. The number of hydrazine groups is 1. The average molecular weight is 496 g/mol. The molecule has 0 bridgehead atoms. The Morgan fingerprint density at radius 3 is 2.20 bits per heavy atom. The molecule has 0 heterocycles. The highest BCUT2D eigenvalue weighted by Gasteiger charge is 2.23. The Balaban J connectivity index is 1.70. The minimum atomic E-state index is -0.948. The van der Waals surface area contributed by atoms with E-state index in [9.17, 15) is 14.4 Å². The molecule has 9 heteroatoms. The summed E-state index contributed by atoms with van der Waals surface area (Å²) in [5.74, 6) is -0.684. The lowest BCUT2D eigenvalue weighted by atomic mass is 10.0. The summed E-state index contributed by atoms with van der Waals surface area (Å²) < 4.78 is 10.7. The maximum absolute atomic E-state index is 13.0. The van der Waals surface area contributed by atoms with Gasteiger partial charge in [-0.25, -0.2) is 0 Å². The smallest absolute Gasteiger partial charge is 0.269 e. The standard InChI is InChI=1S/C26H26ClN3O5/c1-3-35-22-14-11-19(16-23(22)34-2)25(32)29-30-26(33)21(15-17-7-5-4-6-8-17)28-24(31)18-9-12-20(27)13-10-18/h4-14,16,21H,3,15H2,1-2H3,(H,28,31)(H,29,32)(H,30,33). The topological polar surface area (TPSA) is 106 Å². The SMILES string of the molecule is CCOc1ccc(C(=O)NNC(=O)C(Cc2ccccc2)NC(=O)c2ccc(Cl)cc2)cc1OC. The fourth-order valence-corrected chi connectivity index (χ4v) is 3.39. The molecular weight excluding hydrogens is 470 g/mol. The molecule has 0 aromatic heterocycles. The lowest BCUT2D eigenvalue weighted by Crippen LogP contribution is -2.53. The number of hydrogen-bond donors (Lipinski definition) is 3. The average Bonchev–Trinajstić information content (AvgIpc) is 2.88. The molecule has 0 saturated heterocycles. The summed E-state index contributed by atoms with van der Waals surface area (Å²) in [6.45, 7) is 2.29. The molecule has 0 aliphatic heterocycles. The molecular formula is C26H26ClN3O5. The normalized spacial score (nSPS) is 11.2. The Morgan fingerprint density at radius 1 is 0.857 bits per heavy atom. The molecule has 0 aliphatic rings. The van der Waals surface area contributed by atoms with E-state index in [1.165, 1.54) is 13.2 Å². The van der Waals surface area contributed by atoms with Crippen molar-refractivity contribution in [3.05, 3.63) is 94.5 Å². The Kier molecular flexibility index (Phi) is 9.09. The summed E-state index contributed by atoms with van der Waals surface area (Å²) in [6.07, 6.45) is 0.221. The quantitative estimate of drug-likeness (QED) is 0.394. The fraction of sp³-hybridized carbons (Fsp3) is 0.192. The van der Waals surface area contributed by atoms with Crippen molar-refractivity contribution < 1.29 is 23.9 Å². The summed E-state index contributed by atoms with van der Waals surface area (Å²) >= 11 is 5.89. The maximum Gasteiger partial charge on any atom is 0.269 e. The molecule has 3 aromatic rings. The van der Waals surface area contributed by atoms with Crippen LogP contribution in [0.2, 0.25) is 5.02 Å². The highest BCUT2D eigenvalue weighted by atomic mass is 35.5. The van der Waals surface area contributed by atoms with E-state index >= 15 is 0 Å². The van der Waals surface area contributed by atoms with E-state index in [2.05, 4.69) is 16.2 Å². The van der Waals surface area contributed by atoms with Crippen molar-refractivity contribution in [3.8, 4) is 11.5 Å². The van der Waals surface area contributed by atoms with Crippen LogP contribution in [0.25, 0.3) is 0 Å². The van der Waals surface area contributed by atoms with Crippen LogP contribution in [0, 0.1) is 0 Å². The minimum Gasteiger partial charge on any atom is -0.493 e. The van der Waals surface area contributed by atoms with Gasteiger partial charge in [0.05, 0.1) is 13.7 Å². The number of methoxy groups -OCH3 is 1. The van der Waals surface area contributed by atoms with Crippen LogP contribution in [0.4, 0.5) is 0 Å². The second-order valence-corrected chi connectivity index (χ2v) is 7.90. The first-order valence-electron chi connectivity index (χ1n) is 10.9. The molecule has 8 nitrogen and oxygen atoms in total. The maximum atomic E-state index is 13.0. The molecule has 35 heavy (non-hydrogen) atoms. The number of carbonyl (C=O) groups is 3. The summed E-state index contributed by atoms with van der Waals surface area (Å²) in [4.78, 5) is 38.3. The van der Waals surface area contributed by atoms with E-state index in [4.69, 9.17) is 21.1 Å². The van der Waals surface area contributed by atoms with Gasteiger partial charge >= 0.3 is 0 Å². The van der Waals surface area contributed by atoms with Crippen molar-refractivity contribution in [3.63, 3.8) is 0 Å². The molecule has 1 unspecified atom stereocenters. The summed E-state index contributed by atoms with van der Waals surface area (Å²) in [7, 11) is 1.47. The Labute approximate surface area is 208 Å². The number of amides is 3. The third kappa shape index (κ3) is 7.22. The molecule has 0 fully saturated rings. The third-order valence-corrected chi connectivity index (χ3v) is 5.29. The highest BCUT2D eigenvalue weighted by molar-refractivity contribution is 6.30. The van der Waals surface area contributed by atoms with Crippen molar-refractivity contribution >= 4 is 29.3 Å². The van der Waals surface area contributed by atoms with Crippen LogP contribution in [0.15, 0.2) is 72.8 Å². The van der Waals surface area contributed by atoms with Crippen LogP contribution < -0.4 is 25.6 Å². The van der Waals surface area contributed by atoms with Gasteiger partial charge in [-0.2, -0.15) is 0 Å². The third-order valence-electron chi connectivity index (χ3n) is 5.04. The van der Waals surface area contributed by atoms with E-state index in [1.54, 1.807) is 36.4 Å². The monoisotopic (exact) mass is 495 g/mol. The summed E-state index contributed by atoms with van der Waals surface area (Å²) in [5, 5.41) is 3.22. The van der Waals surface area contributed by atoms with Crippen molar-refractivity contribution in [2.45, 2.75) is 19.4 Å². The summed E-state index contributed by atoms with van der Waals surface area (Å²) in [5.41, 5.74) is 6.23. The van der Waals surface area contributed by atoms with E-state index in [0.717, 1.165) is 5.56 Å². The molecule has 1 atom stereocenters. The molecule has 3 amide bonds. The van der Waals surface area contributed by atoms with Crippen LogP contribution in [0.5, 0.6) is 11.5 Å². The zero-order valence-electron chi connectivity index (χ0n) is 19.3. The van der Waals surface area contributed by atoms with E-state index < -0.39 is 23.8 Å². The second kappa shape index (κ2) is 12.4. The molecule has 0 aliphatic carbocycles. The minimum absolute atomic E-state index is 0.221. The van der Waals surface area contributed by atoms with E-state index in [-0.39, 0.29) is 12.0 Å². The largest absolute Gasteiger partial charge is 0.493 e. The zero-order chi connectivity index (χ0) is 25.2. The van der Waals surface area contributed by atoms with Gasteiger partial charge in [-0.15, -0.1) is 0 Å². The van der Waals surface area contributed by atoms with Gasteiger partial charge < -0.3 is 14.8 Å². The van der Waals surface area contributed by atoms with E-state index in [1.807, 2.05) is 37.3 Å². The van der Waals surface area contributed by atoms with Crippen LogP contribution >= 0.6 is 11.6 Å². The Morgan fingerprint density at radius 2 is 1.54 bits per heavy atom. The van der Waals surface area contributed by atoms with Gasteiger partial charge in [0.1, 0.15) is 6.04 Å². The lowest BCUT2D eigenvalue weighted by Gasteiger charge is -2.19. The molecule has 3 rings (SSSR count). The van der Waals surface area contributed by atoms with Gasteiger partial charge in [0.15, 0.2) is 11.5 Å². The zero-order valence-corrected chi connectivity index (χ0v) is 20.1. The number of rotatable bonds is 9. The van der Waals surface area contributed by atoms with Crippen LogP contribution in [0.1, 0.15) is 33.2 Å². The van der Waals surface area contributed by atoms with Gasteiger partial charge in [0, 0.05) is 22.6 Å². The van der Waals surface area contributed by atoms with Gasteiger partial charge in [-0.3, -0.25) is 25.2 Å². The van der Waals surface area contributed by atoms with Crippen molar-refractivity contribution in [1.82, 2.24) is 16.2 Å². The number of benzene rings is 3. The van der Waals surface area contributed by atoms with Crippen LogP contribution in [-0.2, 0) is 11.2 Å². The Hall–Kier alpha value is -4.04. The van der Waals surface area contributed by atoms with Crippen molar-refractivity contribution in [2.24, 2.45) is 0 Å². The fourth-order valence-electron chi connectivity index (χ4n) is 3.26. The number of ether oxygens (including phenoxy) is 2. The van der Waals surface area contributed by atoms with Gasteiger partial charge in [0.25, 0.3) is 17.7 Å². The predicted octanol–water partition coefficient (Wildman–Crippen LogP) is 3.55. The summed E-state index contributed by atoms with van der Waals surface area (Å²) in [6, 6.07) is 19.3. The van der Waals surface area contributed by atoms with Gasteiger partial charge in [-0.05, 0) is 55.0 Å². The first-order valence-corrected chi connectivity index (χ1v) is 11.3. The highest BCUT2D eigenvalue weighted by Crippen LogP contribution is 2.27. The van der Waals surface area contributed by atoms with Gasteiger partial charge in [-0.1, -0.05) is 41.9 Å². The second-order valence-electron chi connectivity index (χ2n) is 7.46. The lowest BCUT2D eigenvalue weighted by molar-refractivity contribution is -0.123. The number of hydrogen-bond acceptors (Lipinski definition) is 5. The van der Waals surface area contributed by atoms with E-state index in [0.29, 0.717) is 28.7 Å². The van der Waals surface area contributed by atoms with Crippen LogP contribution in [0.3, 0.4) is 0 Å². The van der Waals surface area contributed by atoms with Gasteiger partial charge in [0.2, 0.25) is 0 Å². The number of nitrogens with one attached hydrogen (secondary N) is 3. The van der Waals surface area contributed by atoms with Crippen molar-refractivity contribution in [2.75, 3.05) is 13.7 Å². The molecule has 182 valence electrons.